The molecule has 25 heavy (non-hydrogen) atoms. The van der Waals surface area contributed by atoms with E-state index in [2.05, 4.69) is 0 Å². The molecule has 148 valence electrons. The van der Waals surface area contributed by atoms with Crippen LogP contribution in [0.2, 0.25) is 0 Å². The Kier molecular flexibility index (Phi) is 10.7. The molecule has 0 bridgehead atoms. The van der Waals surface area contributed by atoms with Crippen molar-refractivity contribution >= 4 is 31.0 Å². The highest BCUT2D eigenvalue weighted by Gasteiger charge is 2.55. The molecule has 0 aliphatic rings. The quantitative estimate of drug-likeness (QED) is 0.299. The highest BCUT2D eigenvalue weighted by molar-refractivity contribution is 7.96. The molecule has 0 radical (unpaired) electrons. The number of carbonyl (C=O) groups is 2. The lowest BCUT2D eigenvalue weighted by Gasteiger charge is -2.43. The van der Waals surface area contributed by atoms with E-state index < -0.39 is 37.1 Å². The predicted octanol–water partition coefficient (Wildman–Crippen LogP) is 1.81. The lowest BCUT2D eigenvalue weighted by Crippen LogP contribution is -2.62. The van der Waals surface area contributed by atoms with Crippen LogP contribution in [0.3, 0.4) is 0 Å². The van der Waals surface area contributed by atoms with Crippen molar-refractivity contribution in [2.24, 2.45) is 0 Å². The number of halogens is 3. The van der Waals surface area contributed by atoms with E-state index in [4.69, 9.17) is 26.0 Å². The van der Waals surface area contributed by atoms with Gasteiger partial charge in [-0.05, 0) is 20.8 Å². The van der Waals surface area contributed by atoms with Gasteiger partial charge < -0.3 is 19.3 Å². The third-order valence-electron chi connectivity index (χ3n) is 2.98. The average Bonchev–Trinajstić information content (AvgIpc) is 2.52. The maximum absolute atomic E-state index is 13.1. The van der Waals surface area contributed by atoms with E-state index in [9.17, 15) is 27.9 Å². The number of nitrogens with zero attached hydrogens (tertiary/aromatic N) is 1. The number of alkyl halides is 3. The number of amides is 1. The summed E-state index contributed by atoms with van der Waals surface area (Å²) in [4.78, 5) is 23.7. The Morgan fingerprint density at radius 1 is 1.16 bits per heavy atom. The van der Waals surface area contributed by atoms with Crippen LogP contribution in [0.4, 0.5) is 13.2 Å². The normalized spacial score (nSPS) is 14.0. The Hall–Kier alpha value is -0.740. The molecule has 2 unspecified atom stereocenters. The number of hydrogen-bond donors (Lipinski definition) is 1. The van der Waals surface area contributed by atoms with Crippen molar-refractivity contribution in [3.63, 3.8) is 0 Å². The number of carbonyl (C=O) groups excluding carboxylic acids is 1. The molecule has 0 aromatic heterocycles. The molecule has 1 N–H and O–H groups in total. The minimum atomic E-state index is -5.32. The molecule has 7 nitrogen and oxygen atoms in total. The Morgan fingerprint density at radius 3 is 2.00 bits per heavy atom. The van der Waals surface area contributed by atoms with Gasteiger partial charge in [0.25, 0.3) is 5.65 Å². The smallest absolute Gasteiger partial charge is 0.471 e. The lowest BCUT2D eigenvalue weighted by atomic mass is 10.2. The van der Waals surface area contributed by atoms with Gasteiger partial charge >= 0.3 is 18.1 Å². The van der Waals surface area contributed by atoms with Crippen molar-refractivity contribution in [1.29, 1.82) is 0 Å². The van der Waals surface area contributed by atoms with Crippen LogP contribution in [-0.2, 0) is 35.6 Å². The van der Waals surface area contributed by atoms with Crippen molar-refractivity contribution in [2.75, 3.05) is 26.4 Å². The Labute approximate surface area is 150 Å². The molecule has 0 saturated carbocycles. The zero-order valence-electron chi connectivity index (χ0n) is 14.2. The van der Waals surface area contributed by atoms with Crippen LogP contribution in [0.25, 0.3) is 0 Å². The zero-order chi connectivity index (χ0) is 19.7. The van der Waals surface area contributed by atoms with Gasteiger partial charge in [0.1, 0.15) is 6.04 Å². The molecule has 0 aliphatic heterocycles. The molecule has 0 heterocycles. The molecular formula is C13H23F3NO6PS. The summed E-state index contributed by atoms with van der Waals surface area (Å²) in [5.74, 6) is -4.01. The highest BCUT2D eigenvalue weighted by atomic mass is 32.4. The average molecular weight is 409 g/mol. The zero-order valence-corrected chi connectivity index (χ0v) is 16.1. The molecule has 0 aliphatic carbocycles. The fourth-order valence-electron chi connectivity index (χ4n) is 2.06. The van der Waals surface area contributed by atoms with Gasteiger partial charge in [0.15, 0.2) is 0 Å². The number of carboxylic acid groups (broad SMARTS) is 1. The molecule has 0 aromatic carbocycles. The standard InChI is InChI=1S/C13H23F3NO6PS/c1-4-21-8-7-9(10(18)19)17(11(20)12(14,15)16)13(24-25,22-5-2)23-6-3/h9H,4-8,24H2,1-3H3,(H,18,19). The molecule has 1 amide bonds. The SMILES string of the molecule is CCOCCC(C(=O)O)N(C(=O)C(F)(F)F)C(OCC)(OCC)[PH2]=S. The van der Waals surface area contributed by atoms with Crippen LogP contribution in [0.15, 0.2) is 0 Å². The van der Waals surface area contributed by atoms with E-state index in [1.54, 1.807) is 6.92 Å². The van der Waals surface area contributed by atoms with Crippen LogP contribution in [-0.4, -0.2) is 66.2 Å². The van der Waals surface area contributed by atoms with E-state index in [0.717, 1.165) is 0 Å². The number of hydrogen-bond acceptors (Lipinski definition) is 6. The van der Waals surface area contributed by atoms with Crippen LogP contribution in [0, 0.1) is 0 Å². The minimum Gasteiger partial charge on any atom is -0.480 e. The maximum Gasteiger partial charge on any atom is 0.471 e. The summed E-state index contributed by atoms with van der Waals surface area (Å²) in [6.07, 6.45) is -5.69. The number of ether oxygens (including phenoxy) is 3. The minimum absolute atomic E-state index is 0.0731. The molecule has 0 spiro atoms. The van der Waals surface area contributed by atoms with Crippen molar-refractivity contribution in [2.45, 2.75) is 45.1 Å². The van der Waals surface area contributed by atoms with Crippen LogP contribution < -0.4 is 0 Å². The van der Waals surface area contributed by atoms with Gasteiger partial charge in [0.05, 0.1) is 0 Å². The van der Waals surface area contributed by atoms with Gasteiger partial charge in [-0.25, -0.2) is 4.79 Å². The van der Waals surface area contributed by atoms with Gasteiger partial charge in [0, 0.05) is 40.2 Å². The van der Waals surface area contributed by atoms with Crippen LogP contribution in [0.1, 0.15) is 27.2 Å². The van der Waals surface area contributed by atoms with Crippen molar-refractivity contribution < 1.29 is 42.1 Å². The lowest BCUT2D eigenvalue weighted by molar-refractivity contribution is -0.272. The topological polar surface area (TPSA) is 85.3 Å². The summed E-state index contributed by atoms with van der Waals surface area (Å²) >= 11 is 4.92. The van der Waals surface area contributed by atoms with Crippen LogP contribution in [0.5, 0.6) is 0 Å². The second-order valence-corrected chi connectivity index (χ2v) is 6.30. The second-order valence-electron chi connectivity index (χ2n) is 4.63. The summed E-state index contributed by atoms with van der Waals surface area (Å²) in [6.45, 7) is 4.44. The molecule has 12 heteroatoms. The summed E-state index contributed by atoms with van der Waals surface area (Å²) in [5.41, 5.74) is -2.24. The Bertz CT molecular complexity index is 460. The van der Waals surface area contributed by atoms with Gasteiger partial charge in [0.2, 0.25) is 0 Å². The first kappa shape index (κ1) is 24.3. The van der Waals surface area contributed by atoms with Gasteiger partial charge in [-0.2, -0.15) is 13.2 Å². The molecule has 0 aromatic rings. The summed E-state index contributed by atoms with van der Waals surface area (Å²) in [6, 6.07) is -1.87. The monoisotopic (exact) mass is 409 g/mol. The van der Waals surface area contributed by atoms with Crippen molar-refractivity contribution in [1.82, 2.24) is 4.90 Å². The van der Waals surface area contributed by atoms with E-state index in [1.807, 2.05) is 0 Å². The molecule has 2 atom stereocenters. The van der Waals surface area contributed by atoms with Gasteiger partial charge in [-0.15, -0.1) is 0 Å². The van der Waals surface area contributed by atoms with Gasteiger partial charge in [-0.1, -0.05) is 11.8 Å². The fraction of sp³-hybridized carbons (Fsp3) is 0.846. The largest absolute Gasteiger partial charge is 0.480 e. The second kappa shape index (κ2) is 11.1. The third kappa shape index (κ3) is 6.82. The maximum atomic E-state index is 13.1. The van der Waals surface area contributed by atoms with Crippen LogP contribution >= 0.6 is 7.36 Å². The number of aliphatic carboxylic acids is 1. The van der Waals surface area contributed by atoms with Gasteiger partial charge in [-0.3, -0.25) is 9.69 Å². The van der Waals surface area contributed by atoms with E-state index >= 15 is 0 Å². The summed E-state index contributed by atoms with van der Waals surface area (Å²) < 4.78 is 54.8. The first-order chi connectivity index (χ1) is 11.6. The Balaban J connectivity index is 6.13. The fourth-order valence-corrected chi connectivity index (χ4v) is 3.69. The Morgan fingerprint density at radius 2 is 1.68 bits per heavy atom. The molecular weight excluding hydrogens is 386 g/mol. The van der Waals surface area contributed by atoms with E-state index in [1.165, 1.54) is 13.8 Å². The number of carboxylic acids is 1. The van der Waals surface area contributed by atoms with Crippen molar-refractivity contribution in [3.8, 4) is 0 Å². The molecule has 0 saturated heterocycles. The van der Waals surface area contributed by atoms with E-state index in [0.29, 0.717) is 0 Å². The third-order valence-corrected chi connectivity index (χ3v) is 4.79. The summed E-state index contributed by atoms with van der Waals surface area (Å²) in [7, 11) is -1.45. The molecule has 0 rings (SSSR count). The predicted molar refractivity (Wildman–Crippen MR) is 88.5 cm³/mol. The van der Waals surface area contributed by atoms with E-state index in [-0.39, 0.29) is 37.7 Å². The number of rotatable bonds is 12. The highest BCUT2D eigenvalue weighted by Crippen LogP contribution is 2.37. The van der Waals surface area contributed by atoms with Crippen molar-refractivity contribution in [3.05, 3.63) is 0 Å². The first-order valence-corrected chi connectivity index (χ1v) is 10.0. The summed E-state index contributed by atoms with van der Waals surface area (Å²) in [5, 5.41) is 9.40. The molecule has 0 fully saturated rings. The first-order valence-electron chi connectivity index (χ1n) is 7.56.